The van der Waals surface area contributed by atoms with Gasteiger partial charge in [0, 0.05) is 76.0 Å². The maximum atomic E-state index is 11.6. The lowest BCUT2D eigenvalue weighted by atomic mass is 9.92. The van der Waals surface area contributed by atoms with E-state index >= 15 is 0 Å². The van der Waals surface area contributed by atoms with E-state index in [9.17, 15) is 4.79 Å². The predicted molar refractivity (Wildman–Crippen MR) is 122 cm³/mol. The van der Waals surface area contributed by atoms with Gasteiger partial charge in [0.1, 0.15) is 0 Å². The molecule has 5 heteroatoms. The van der Waals surface area contributed by atoms with E-state index in [0.717, 1.165) is 58.8 Å². The van der Waals surface area contributed by atoms with Gasteiger partial charge in [-0.1, -0.05) is 12.1 Å². The van der Waals surface area contributed by atoms with E-state index in [1.54, 1.807) is 6.92 Å². The summed E-state index contributed by atoms with van der Waals surface area (Å²) in [6, 6.07) is 9.13. The number of hydrogen-bond acceptors (Lipinski definition) is 4. The van der Waals surface area contributed by atoms with Crippen molar-refractivity contribution in [3.63, 3.8) is 0 Å². The number of hydrogen-bond donors (Lipinski definition) is 0. The first-order valence-electron chi connectivity index (χ1n) is 11.2. The lowest BCUT2D eigenvalue weighted by molar-refractivity contribution is -0.131. The fourth-order valence-electron chi connectivity index (χ4n) is 4.74. The molecule has 2 aliphatic heterocycles. The first-order valence-corrected chi connectivity index (χ1v) is 11.2. The van der Waals surface area contributed by atoms with Gasteiger partial charge < -0.3 is 9.80 Å². The van der Waals surface area contributed by atoms with Gasteiger partial charge in [0.25, 0.3) is 0 Å². The second-order valence-corrected chi connectivity index (χ2v) is 10.3. The van der Waals surface area contributed by atoms with Crippen LogP contribution in [0.25, 0.3) is 0 Å². The molecule has 0 saturated carbocycles. The number of carbonyl (C=O) groups excluding carboxylic acids is 1. The molecule has 0 aliphatic carbocycles. The highest BCUT2D eigenvalue weighted by Crippen LogP contribution is 2.26. The van der Waals surface area contributed by atoms with E-state index in [1.807, 2.05) is 4.90 Å². The Kier molecular flexibility index (Phi) is 6.59. The van der Waals surface area contributed by atoms with Gasteiger partial charge in [-0.2, -0.15) is 0 Å². The molecule has 0 spiro atoms. The molecular weight excluding hydrogens is 360 g/mol. The van der Waals surface area contributed by atoms with Crippen molar-refractivity contribution in [1.82, 2.24) is 14.7 Å². The Hall–Kier alpha value is -1.59. The normalized spacial score (nSPS) is 20.2. The highest BCUT2D eigenvalue weighted by molar-refractivity contribution is 5.73. The highest BCUT2D eigenvalue weighted by atomic mass is 16.2. The Morgan fingerprint density at radius 2 is 1.45 bits per heavy atom. The van der Waals surface area contributed by atoms with Crippen LogP contribution < -0.4 is 4.90 Å². The molecule has 0 unspecified atom stereocenters. The number of anilines is 1. The van der Waals surface area contributed by atoms with Crippen LogP contribution in [0.3, 0.4) is 0 Å². The summed E-state index contributed by atoms with van der Waals surface area (Å²) in [6.45, 7) is 21.3. The van der Waals surface area contributed by atoms with Crippen molar-refractivity contribution >= 4 is 11.6 Å². The second-order valence-electron chi connectivity index (χ2n) is 10.3. The van der Waals surface area contributed by atoms with Gasteiger partial charge in [0.05, 0.1) is 0 Å². The molecule has 0 bridgehead atoms. The summed E-state index contributed by atoms with van der Waals surface area (Å²) < 4.78 is 0. The SMILES string of the molecule is CC(=O)N1CCN(C(C)(C)Cc2cccc(N3CCN(C(C)(C)C)CC3)c2)CC1. The average Bonchev–Trinajstić information content (AvgIpc) is 2.67. The fourth-order valence-corrected chi connectivity index (χ4v) is 4.74. The quantitative estimate of drug-likeness (QED) is 0.777. The summed E-state index contributed by atoms with van der Waals surface area (Å²) in [5.74, 6) is 0.196. The van der Waals surface area contributed by atoms with Gasteiger partial charge in [-0.15, -0.1) is 0 Å². The lowest BCUT2D eigenvalue weighted by Gasteiger charge is -2.44. The van der Waals surface area contributed by atoms with Crippen molar-refractivity contribution in [2.24, 2.45) is 0 Å². The van der Waals surface area contributed by atoms with Crippen molar-refractivity contribution < 1.29 is 4.79 Å². The van der Waals surface area contributed by atoms with Crippen LogP contribution in [0.1, 0.15) is 47.1 Å². The van der Waals surface area contributed by atoms with E-state index in [1.165, 1.54) is 11.3 Å². The Morgan fingerprint density at radius 1 is 0.862 bits per heavy atom. The zero-order valence-corrected chi connectivity index (χ0v) is 19.4. The number of piperazine rings is 2. The average molecular weight is 401 g/mol. The molecule has 0 atom stereocenters. The number of rotatable bonds is 4. The maximum absolute atomic E-state index is 11.6. The summed E-state index contributed by atoms with van der Waals surface area (Å²) >= 11 is 0. The molecule has 5 nitrogen and oxygen atoms in total. The minimum absolute atomic E-state index is 0.0897. The monoisotopic (exact) mass is 400 g/mol. The predicted octanol–water partition coefficient (Wildman–Crippen LogP) is 3.09. The molecule has 2 aliphatic rings. The topological polar surface area (TPSA) is 30.0 Å². The number of benzene rings is 1. The number of amides is 1. The molecule has 2 saturated heterocycles. The molecule has 1 amide bonds. The van der Waals surface area contributed by atoms with E-state index < -0.39 is 0 Å². The summed E-state index contributed by atoms with van der Waals surface area (Å²) in [4.78, 5) is 21.2. The van der Waals surface area contributed by atoms with E-state index in [2.05, 4.69) is 73.6 Å². The van der Waals surface area contributed by atoms with Crippen LogP contribution in [0.4, 0.5) is 5.69 Å². The van der Waals surface area contributed by atoms with Crippen LogP contribution >= 0.6 is 0 Å². The van der Waals surface area contributed by atoms with Crippen LogP contribution in [0, 0.1) is 0 Å². The molecule has 1 aromatic carbocycles. The zero-order chi connectivity index (χ0) is 21.2. The Labute approximate surface area is 177 Å². The molecule has 0 aromatic heterocycles. The standard InChI is InChI=1S/C24H40N4O/c1-20(29)25-10-16-28(17-11-25)24(5,6)19-21-8-7-9-22(18-21)26-12-14-27(15-13-26)23(2,3)4/h7-9,18H,10-17,19H2,1-6H3. The minimum Gasteiger partial charge on any atom is -0.369 e. The van der Waals surface area contributed by atoms with E-state index in [4.69, 9.17) is 0 Å². The van der Waals surface area contributed by atoms with Gasteiger partial charge in [0.2, 0.25) is 5.91 Å². The largest absolute Gasteiger partial charge is 0.369 e. The van der Waals surface area contributed by atoms with Crippen molar-refractivity contribution in [1.29, 1.82) is 0 Å². The van der Waals surface area contributed by atoms with Crippen molar-refractivity contribution in [3.05, 3.63) is 29.8 Å². The van der Waals surface area contributed by atoms with Crippen LogP contribution in [-0.4, -0.2) is 84.0 Å². The van der Waals surface area contributed by atoms with Gasteiger partial charge in [-0.05, 0) is 58.7 Å². The highest BCUT2D eigenvalue weighted by Gasteiger charge is 2.31. The first-order chi connectivity index (χ1) is 13.6. The molecule has 2 heterocycles. The third-order valence-electron chi connectivity index (χ3n) is 6.72. The fraction of sp³-hybridized carbons (Fsp3) is 0.708. The molecule has 2 fully saturated rings. The zero-order valence-electron chi connectivity index (χ0n) is 19.4. The van der Waals surface area contributed by atoms with Gasteiger partial charge >= 0.3 is 0 Å². The van der Waals surface area contributed by atoms with Gasteiger partial charge in [-0.25, -0.2) is 0 Å². The third-order valence-corrected chi connectivity index (χ3v) is 6.72. The molecule has 1 aromatic rings. The van der Waals surface area contributed by atoms with Crippen LogP contribution in [-0.2, 0) is 11.2 Å². The smallest absolute Gasteiger partial charge is 0.219 e. The maximum Gasteiger partial charge on any atom is 0.219 e. The second kappa shape index (κ2) is 8.65. The van der Waals surface area contributed by atoms with E-state index in [0.29, 0.717) is 0 Å². The summed E-state index contributed by atoms with van der Waals surface area (Å²) in [6.07, 6.45) is 1.03. The van der Waals surface area contributed by atoms with Crippen LogP contribution in [0.15, 0.2) is 24.3 Å². The first kappa shape index (κ1) is 22.1. The summed E-state index contributed by atoms with van der Waals surface area (Å²) in [5, 5.41) is 0. The van der Waals surface area contributed by atoms with Gasteiger partial charge in [-0.3, -0.25) is 14.6 Å². The van der Waals surface area contributed by atoms with E-state index in [-0.39, 0.29) is 17.0 Å². The molecule has 162 valence electrons. The molecule has 3 rings (SSSR count). The van der Waals surface area contributed by atoms with Crippen molar-refractivity contribution in [2.75, 3.05) is 57.3 Å². The lowest BCUT2D eigenvalue weighted by Crippen LogP contribution is -2.56. The number of carbonyl (C=O) groups is 1. The third kappa shape index (κ3) is 5.52. The molecule has 0 radical (unpaired) electrons. The molecule has 0 N–H and O–H groups in total. The summed E-state index contributed by atoms with van der Waals surface area (Å²) in [5.41, 5.74) is 3.10. The molecular formula is C24H40N4O. The summed E-state index contributed by atoms with van der Waals surface area (Å²) in [7, 11) is 0. The number of nitrogens with zero attached hydrogens (tertiary/aromatic N) is 4. The Balaban J connectivity index is 1.60. The minimum atomic E-state index is 0.0897. The van der Waals surface area contributed by atoms with Crippen molar-refractivity contribution in [2.45, 2.75) is 59.0 Å². The Bertz CT molecular complexity index is 693. The molecule has 29 heavy (non-hydrogen) atoms. The Morgan fingerprint density at radius 3 is 2.00 bits per heavy atom. The van der Waals surface area contributed by atoms with Crippen molar-refractivity contribution in [3.8, 4) is 0 Å². The van der Waals surface area contributed by atoms with Crippen LogP contribution in [0.2, 0.25) is 0 Å². The van der Waals surface area contributed by atoms with Crippen LogP contribution in [0.5, 0.6) is 0 Å². The van der Waals surface area contributed by atoms with Gasteiger partial charge in [0.15, 0.2) is 0 Å².